The molecule has 36 heavy (non-hydrogen) atoms. The fraction of sp³-hybridized carbons (Fsp3) is 0.844. The fourth-order valence-corrected chi connectivity index (χ4v) is 10.3. The summed E-state index contributed by atoms with van der Waals surface area (Å²) in [5.41, 5.74) is 0.885. The Bertz CT molecular complexity index is 956. The maximum absolute atomic E-state index is 13.4. The van der Waals surface area contributed by atoms with Crippen molar-refractivity contribution in [3.8, 4) is 12.3 Å². The summed E-state index contributed by atoms with van der Waals surface area (Å²) in [5, 5.41) is 11.4. The Labute approximate surface area is 219 Å². The number of allylic oxidation sites excluding steroid dienone is 1. The molecule has 0 aliphatic heterocycles. The van der Waals surface area contributed by atoms with Crippen LogP contribution in [0.25, 0.3) is 0 Å². The van der Waals surface area contributed by atoms with Gasteiger partial charge in [0.1, 0.15) is 11.9 Å². The van der Waals surface area contributed by atoms with Crippen LogP contribution in [0.4, 0.5) is 0 Å². The van der Waals surface area contributed by atoms with E-state index in [0.717, 1.165) is 51.4 Å². The summed E-state index contributed by atoms with van der Waals surface area (Å²) in [5.74, 6) is 4.31. The molecule has 5 rings (SSSR count). The normalized spacial score (nSPS) is 49.7. The van der Waals surface area contributed by atoms with Crippen LogP contribution in [-0.4, -0.2) is 35.5 Å². The third-order valence-corrected chi connectivity index (χ3v) is 12.3. The van der Waals surface area contributed by atoms with Gasteiger partial charge < -0.3 is 19.4 Å². The average molecular weight is 497 g/mol. The van der Waals surface area contributed by atoms with Crippen molar-refractivity contribution < 1.29 is 19.4 Å². The molecular formula is C32H48O4. The van der Waals surface area contributed by atoms with Crippen LogP contribution >= 0.6 is 0 Å². The van der Waals surface area contributed by atoms with Gasteiger partial charge in [-0.15, -0.1) is 6.42 Å². The molecule has 0 saturated heterocycles. The first kappa shape index (κ1) is 26.5. The molecule has 0 bridgehead atoms. The molecule has 0 aromatic heterocycles. The lowest BCUT2D eigenvalue weighted by Crippen LogP contribution is -2.61. The molecule has 0 radical (unpaired) electrons. The highest BCUT2D eigenvalue weighted by Gasteiger charge is 2.68. The molecule has 4 heteroatoms. The Kier molecular flexibility index (Phi) is 6.58. The van der Waals surface area contributed by atoms with Gasteiger partial charge in [-0.25, -0.2) is 0 Å². The largest absolute Gasteiger partial charge is 0.377 e. The molecule has 4 saturated carbocycles. The third-order valence-electron chi connectivity index (χ3n) is 12.3. The zero-order chi connectivity index (χ0) is 26.1. The summed E-state index contributed by atoms with van der Waals surface area (Å²) >= 11 is 0. The molecule has 10 atom stereocenters. The van der Waals surface area contributed by atoms with E-state index in [9.17, 15) is 9.90 Å². The molecule has 0 spiro atoms. The second-order valence-electron chi connectivity index (χ2n) is 13.4. The smallest absolute Gasteiger partial charge is 0.169 e. The molecular weight excluding hydrogens is 448 g/mol. The van der Waals surface area contributed by atoms with E-state index in [1.54, 1.807) is 0 Å². The number of aldehydes is 1. The van der Waals surface area contributed by atoms with Crippen molar-refractivity contribution in [2.45, 2.75) is 117 Å². The molecule has 0 heterocycles. The molecule has 5 aliphatic carbocycles. The predicted octanol–water partition coefficient (Wildman–Crippen LogP) is 6.31. The summed E-state index contributed by atoms with van der Waals surface area (Å²) in [7, 11) is 0. The van der Waals surface area contributed by atoms with Gasteiger partial charge in [-0.1, -0.05) is 39.2 Å². The average Bonchev–Trinajstić information content (AvgIpc) is 3.42. The van der Waals surface area contributed by atoms with E-state index in [1.807, 2.05) is 0 Å². The van der Waals surface area contributed by atoms with Gasteiger partial charge in [-0.05, 0) is 99.9 Å². The minimum absolute atomic E-state index is 0.00536. The lowest BCUT2D eigenvalue weighted by Gasteiger charge is -2.64. The summed E-state index contributed by atoms with van der Waals surface area (Å²) in [6.45, 7) is 14.2. The number of aliphatic hydroxyl groups is 1. The lowest BCUT2D eigenvalue weighted by atomic mass is 9.40. The number of ether oxygens (including phenoxy) is 2. The van der Waals surface area contributed by atoms with Gasteiger partial charge in [-0.3, -0.25) is 0 Å². The van der Waals surface area contributed by atoms with Crippen LogP contribution in [0, 0.1) is 58.7 Å². The Hall–Kier alpha value is -1.15. The predicted molar refractivity (Wildman–Crippen MR) is 142 cm³/mol. The van der Waals surface area contributed by atoms with E-state index in [4.69, 9.17) is 15.9 Å². The van der Waals surface area contributed by atoms with Crippen LogP contribution in [0.3, 0.4) is 0 Å². The van der Waals surface area contributed by atoms with Crippen LogP contribution < -0.4 is 0 Å². The molecule has 200 valence electrons. The van der Waals surface area contributed by atoms with Gasteiger partial charge in [0.05, 0.1) is 11.5 Å². The minimum atomic E-state index is -1.03. The topological polar surface area (TPSA) is 55.8 Å². The Morgan fingerprint density at radius 3 is 2.39 bits per heavy atom. The van der Waals surface area contributed by atoms with E-state index in [2.05, 4.69) is 47.5 Å². The summed E-state index contributed by atoms with van der Waals surface area (Å²) in [4.78, 5) is 13.4. The van der Waals surface area contributed by atoms with E-state index >= 15 is 0 Å². The maximum Gasteiger partial charge on any atom is 0.169 e. The van der Waals surface area contributed by atoms with Crippen molar-refractivity contribution in [3.63, 3.8) is 0 Å². The van der Waals surface area contributed by atoms with Crippen molar-refractivity contribution in [2.24, 2.45) is 46.3 Å². The molecule has 4 nitrogen and oxygen atoms in total. The first-order chi connectivity index (χ1) is 17.0. The van der Waals surface area contributed by atoms with Crippen LogP contribution in [0.1, 0.15) is 99.3 Å². The molecule has 4 fully saturated rings. The highest BCUT2D eigenvalue weighted by atomic mass is 16.7. The van der Waals surface area contributed by atoms with Gasteiger partial charge in [-0.2, -0.15) is 0 Å². The van der Waals surface area contributed by atoms with E-state index in [-0.39, 0.29) is 17.4 Å². The highest BCUT2D eigenvalue weighted by molar-refractivity contribution is 5.69. The standard InChI is InChI=1S/C32H48O4/c1-8-30(34)17-13-24-27-21(4)22(5)28-23(6)26(36-31(35-9-2)14-10-11-15-31)18-20(3)32(28,19-33)25(27)12-16-29(24,30)7/h1,19-22,24-27,34H,9-18H2,2-7H3/t20?,21?,22?,24-,25-,26-,27-,29-,30-,32+/m0/s1. The van der Waals surface area contributed by atoms with Gasteiger partial charge in [0.15, 0.2) is 5.79 Å². The van der Waals surface area contributed by atoms with Crippen molar-refractivity contribution >= 4 is 6.29 Å². The number of fused-ring (bicyclic) bond motifs is 5. The SMILES string of the molecule is C#C[C@]1(O)CC[C@H]2[C@@H]3C(C)C(C)C4=C(C)[C@@H](OC5(OCC)CCCC5)CC(C)[C@]4(C=O)[C@H]3CC[C@@]21C. The van der Waals surface area contributed by atoms with Crippen LogP contribution in [0.5, 0.6) is 0 Å². The molecule has 1 N–H and O–H groups in total. The number of hydrogen-bond acceptors (Lipinski definition) is 4. The zero-order valence-corrected chi connectivity index (χ0v) is 23.4. The molecule has 0 aromatic rings. The molecule has 5 aliphatic rings. The van der Waals surface area contributed by atoms with Crippen molar-refractivity contribution in [1.82, 2.24) is 0 Å². The van der Waals surface area contributed by atoms with Gasteiger partial charge in [0, 0.05) is 24.9 Å². The van der Waals surface area contributed by atoms with Gasteiger partial charge in [0.2, 0.25) is 0 Å². The molecule has 0 aromatic carbocycles. The van der Waals surface area contributed by atoms with E-state index in [1.165, 1.54) is 17.4 Å². The minimum Gasteiger partial charge on any atom is -0.377 e. The second kappa shape index (κ2) is 8.96. The summed E-state index contributed by atoms with van der Waals surface area (Å²) < 4.78 is 13.1. The highest BCUT2D eigenvalue weighted by Crippen LogP contribution is 2.70. The zero-order valence-electron chi connectivity index (χ0n) is 23.4. The molecule has 3 unspecified atom stereocenters. The number of carbonyl (C=O) groups is 1. The van der Waals surface area contributed by atoms with Crippen LogP contribution in [0.15, 0.2) is 11.1 Å². The monoisotopic (exact) mass is 496 g/mol. The van der Waals surface area contributed by atoms with Gasteiger partial charge >= 0.3 is 0 Å². The lowest BCUT2D eigenvalue weighted by molar-refractivity contribution is -0.252. The Morgan fingerprint density at radius 1 is 1.11 bits per heavy atom. The van der Waals surface area contributed by atoms with Crippen molar-refractivity contribution in [3.05, 3.63) is 11.1 Å². The van der Waals surface area contributed by atoms with E-state index in [0.29, 0.717) is 42.6 Å². The fourth-order valence-electron chi connectivity index (χ4n) is 10.3. The summed E-state index contributed by atoms with van der Waals surface area (Å²) in [6.07, 6.45) is 15.8. The van der Waals surface area contributed by atoms with Crippen molar-refractivity contribution in [2.75, 3.05) is 6.61 Å². The number of carbonyl (C=O) groups excluding carboxylic acids is 1. The van der Waals surface area contributed by atoms with Gasteiger partial charge in [0.25, 0.3) is 0 Å². The second-order valence-corrected chi connectivity index (χ2v) is 13.4. The van der Waals surface area contributed by atoms with Crippen molar-refractivity contribution in [1.29, 1.82) is 0 Å². The number of hydrogen-bond donors (Lipinski definition) is 1. The van der Waals surface area contributed by atoms with Crippen LogP contribution in [-0.2, 0) is 14.3 Å². The summed E-state index contributed by atoms with van der Waals surface area (Å²) in [6, 6.07) is 0. The molecule has 0 amide bonds. The maximum atomic E-state index is 13.4. The number of terminal acetylenes is 1. The van der Waals surface area contributed by atoms with Crippen LogP contribution in [0.2, 0.25) is 0 Å². The first-order valence-electron chi connectivity index (χ1n) is 14.7. The third kappa shape index (κ3) is 3.34. The Balaban J connectivity index is 1.56. The Morgan fingerprint density at radius 2 is 1.78 bits per heavy atom. The first-order valence-corrected chi connectivity index (χ1v) is 14.7. The quantitative estimate of drug-likeness (QED) is 0.210. The number of rotatable bonds is 5. The van der Waals surface area contributed by atoms with E-state index < -0.39 is 16.8 Å².